The predicted molar refractivity (Wildman–Crippen MR) is 131 cm³/mol. The number of alkyl halides is 3. The molecule has 0 fully saturated rings. The molecule has 7 nitrogen and oxygen atoms in total. The lowest BCUT2D eigenvalue weighted by atomic mass is 10.1. The first-order valence-electron chi connectivity index (χ1n) is 10.4. The van der Waals surface area contributed by atoms with Crippen LogP contribution in [-0.4, -0.2) is 24.6 Å². The maximum absolute atomic E-state index is 12.9. The lowest BCUT2D eigenvalue weighted by Crippen LogP contribution is -2.26. The fourth-order valence-electron chi connectivity index (χ4n) is 3.50. The van der Waals surface area contributed by atoms with E-state index in [1.165, 1.54) is 16.8 Å². The number of halogens is 5. The van der Waals surface area contributed by atoms with Gasteiger partial charge in [-0.25, -0.2) is 17.8 Å². The molecule has 0 saturated heterocycles. The van der Waals surface area contributed by atoms with Crippen LogP contribution < -0.4 is 9.46 Å². The summed E-state index contributed by atoms with van der Waals surface area (Å²) in [5, 5.41) is 15.2. The number of hydrogen-bond acceptors (Lipinski definition) is 5. The quantitative estimate of drug-likeness (QED) is 0.291. The third-order valence-electron chi connectivity index (χ3n) is 5.06. The minimum atomic E-state index is -5.10. The first kappa shape index (κ1) is 26.5. The molecule has 0 aliphatic carbocycles. The van der Waals surface area contributed by atoms with E-state index in [2.05, 4.69) is 14.6 Å². The van der Waals surface area contributed by atoms with Crippen molar-refractivity contribution in [3.63, 3.8) is 0 Å². The smallest absolute Gasteiger partial charge is 0.404 e. The van der Waals surface area contributed by atoms with Crippen LogP contribution in [0, 0.1) is 11.3 Å². The van der Waals surface area contributed by atoms with Gasteiger partial charge >= 0.3 is 6.36 Å². The lowest BCUT2D eigenvalue weighted by Gasteiger charge is -2.13. The van der Waals surface area contributed by atoms with E-state index in [-0.39, 0.29) is 11.3 Å². The monoisotopic (exact) mass is 566 g/mol. The summed E-state index contributed by atoms with van der Waals surface area (Å²) in [6.07, 6.45) is -5.10. The van der Waals surface area contributed by atoms with Gasteiger partial charge in [-0.15, -0.1) is 13.2 Å². The van der Waals surface area contributed by atoms with Gasteiger partial charge in [-0.1, -0.05) is 59.6 Å². The zero-order valence-corrected chi connectivity index (χ0v) is 20.8. The van der Waals surface area contributed by atoms with E-state index < -0.39 is 33.6 Å². The van der Waals surface area contributed by atoms with E-state index in [0.29, 0.717) is 27.0 Å². The third kappa shape index (κ3) is 5.89. The summed E-state index contributed by atoms with van der Waals surface area (Å²) < 4.78 is 71.7. The van der Waals surface area contributed by atoms with Crippen molar-refractivity contribution in [2.24, 2.45) is 0 Å². The second-order valence-electron chi connectivity index (χ2n) is 7.47. The lowest BCUT2D eigenvalue weighted by molar-refractivity contribution is -0.275. The Morgan fingerprint density at radius 2 is 1.65 bits per heavy atom. The van der Waals surface area contributed by atoms with Crippen molar-refractivity contribution in [1.29, 1.82) is 5.26 Å². The summed E-state index contributed by atoms with van der Waals surface area (Å²) in [6.45, 7) is -0.510. The van der Waals surface area contributed by atoms with Crippen LogP contribution in [0.15, 0.2) is 77.7 Å². The van der Waals surface area contributed by atoms with Crippen LogP contribution in [-0.2, 0) is 16.6 Å². The third-order valence-corrected chi connectivity index (χ3v) is 7.07. The normalized spacial score (nSPS) is 11.8. The highest BCUT2D eigenvalue weighted by molar-refractivity contribution is 7.89. The molecule has 0 radical (unpaired) electrons. The van der Waals surface area contributed by atoms with Gasteiger partial charge in [0.1, 0.15) is 22.3 Å². The maximum atomic E-state index is 12.9. The van der Waals surface area contributed by atoms with E-state index in [9.17, 15) is 26.9 Å². The Morgan fingerprint density at radius 3 is 2.30 bits per heavy atom. The molecule has 0 saturated carbocycles. The average Bonchev–Trinajstić information content (AvgIpc) is 3.21. The molecule has 1 aromatic heterocycles. The minimum Gasteiger partial charge on any atom is -0.404 e. The van der Waals surface area contributed by atoms with Gasteiger partial charge in [-0.3, -0.25) is 0 Å². The van der Waals surface area contributed by atoms with Crippen LogP contribution in [0.1, 0.15) is 11.3 Å². The van der Waals surface area contributed by atoms with E-state index in [0.717, 1.165) is 12.1 Å². The van der Waals surface area contributed by atoms with Crippen molar-refractivity contribution in [3.8, 4) is 28.8 Å². The van der Waals surface area contributed by atoms with E-state index in [4.69, 9.17) is 23.2 Å². The molecular formula is C24H15Cl2F3N4O3S. The van der Waals surface area contributed by atoms with Gasteiger partial charge in [-0.2, -0.15) is 10.4 Å². The number of hydrogen-bond donors (Lipinski definition) is 1. The molecule has 0 aliphatic heterocycles. The number of ether oxygens (including phenoxy) is 1. The molecular weight excluding hydrogens is 552 g/mol. The van der Waals surface area contributed by atoms with Crippen molar-refractivity contribution in [1.82, 2.24) is 14.5 Å². The molecule has 190 valence electrons. The first-order chi connectivity index (χ1) is 17.5. The van der Waals surface area contributed by atoms with Crippen LogP contribution in [0.4, 0.5) is 13.2 Å². The second-order valence-corrected chi connectivity index (χ2v) is 10.1. The Bertz CT molecular complexity index is 1600. The van der Waals surface area contributed by atoms with Gasteiger partial charge in [0.2, 0.25) is 10.0 Å². The molecule has 0 amide bonds. The van der Waals surface area contributed by atoms with Crippen molar-refractivity contribution < 1.29 is 26.3 Å². The highest BCUT2D eigenvalue weighted by Gasteiger charge is 2.34. The summed E-state index contributed by atoms with van der Waals surface area (Å²) >= 11 is 12.4. The first-order valence-corrected chi connectivity index (χ1v) is 12.6. The Kier molecular flexibility index (Phi) is 7.47. The van der Waals surface area contributed by atoms with Crippen molar-refractivity contribution in [2.75, 3.05) is 0 Å². The topological polar surface area (TPSA) is 97.0 Å². The van der Waals surface area contributed by atoms with Gasteiger partial charge in [0, 0.05) is 10.6 Å². The molecule has 13 heteroatoms. The number of aromatic nitrogens is 2. The number of rotatable bonds is 7. The number of nitrogens with zero attached hydrogens (tertiary/aromatic N) is 3. The Labute approximate surface area is 219 Å². The zero-order chi connectivity index (χ0) is 26.8. The number of sulfonamides is 1. The molecule has 4 aromatic rings. The van der Waals surface area contributed by atoms with E-state index in [1.54, 1.807) is 48.5 Å². The fourth-order valence-corrected chi connectivity index (χ4v) is 4.96. The van der Waals surface area contributed by atoms with Gasteiger partial charge < -0.3 is 4.74 Å². The van der Waals surface area contributed by atoms with Gasteiger partial charge in [0.05, 0.1) is 28.6 Å². The Hall–Kier alpha value is -3.56. The van der Waals surface area contributed by atoms with E-state index in [1.807, 2.05) is 6.07 Å². The molecule has 1 heterocycles. The Balaban J connectivity index is 1.77. The average molecular weight is 567 g/mol. The highest BCUT2D eigenvalue weighted by atomic mass is 35.5. The van der Waals surface area contributed by atoms with Crippen LogP contribution in [0.3, 0.4) is 0 Å². The van der Waals surface area contributed by atoms with Gasteiger partial charge in [0.25, 0.3) is 0 Å². The standard InChI is InChI=1S/C24H15Cl2F3N4O3S/c25-16-11-9-15(10-12-16)23-17(13-30)19(32-33(23)20-6-2-1-5-18(20)26)14-31-37(34,35)22-8-4-3-7-21(22)36-24(27,28)29/h1-12,31H,14H2. The SMILES string of the molecule is N#Cc1c(CNS(=O)(=O)c2ccccc2OC(F)(F)F)nn(-c2ccccc2Cl)c1-c1ccc(Cl)cc1. The zero-order valence-electron chi connectivity index (χ0n) is 18.5. The van der Waals surface area contributed by atoms with Crippen molar-refractivity contribution in [3.05, 3.63) is 94.1 Å². The summed E-state index contributed by atoms with van der Waals surface area (Å²) in [5.41, 5.74) is 1.34. The molecule has 0 spiro atoms. The van der Waals surface area contributed by atoms with Crippen molar-refractivity contribution >= 4 is 33.2 Å². The molecule has 0 unspecified atom stereocenters. The van der Waals surface area contributed by atoms with Crippen LogP contribution in [0.5, 0.6) is 5.75 Å². The Morgan fingerprint density at radius 1 is 1.00 bits per heavy atom. The second kappa shape index (κ2) is 10.4. The molecule has 3 aromatic carbocycles. The van der Waals surface area contributed by atoms with Crippen LogP contribution >= 0.6 is 23.2 Å². The predicted octanol–water partition coefficient (Wildman–Crippen LogP) is 6.09. The largest absolute Gasteiger partial charge is 0.573 e. The number of nitrogens with one attached hydrogen (secondary N) is 1. The molecule has 4 rings (SSSR count). The molecule has 0 aliphatic rings. The van der Waals surface area contributed by atoms with Gasteiger partial charge in [0.15, 0.2) is 0 Å². The maximum Gasteiger partial charge on any atom is 0.573 e. The molecule has 0 bridgehead atoms. The summed E-state index contributed by atoms with van der Waals surface area (Å²) in [5.74, 6) is -0.897. The van der Waals surface area contributed by atoms with Crippen LogP contribution in [0.25, 0.3) is 16.9 Å². The summed E-state index contributed by atoms with van der Waals surface area (Å²) in [4.78, 5) is -0.728. The highest BCUT2D eigenvalue weighted by Crippen LogP contribution is 2.33. The minimum absolute atomic E-state index is 0.0187. The van der Waals surface area contributed by atoms with Crippen molar-refractivity contribution in [2.45, 2.75) is 17.8 Å². The number of benzene rings is 3. The van der Waals surface area contributed by atoms with E-state index >= 15 is 0 Å². The van der Waals surface area contributed by atoms with Gasteiger partial charge in [-0.05, 0) is 36.4 Å². The molecule has 37 heavy (non-hydrogen) atoms. The summed E-state index contributed by atoms with van der Waals surface area (Å²) in [6, 6.07) is 19.6. The fraction of sp³-hybridized carbons (Fsp3) is 0.0833. The number of para-hydroxylation sites is 2. The molecule has 1 N–H and O–H groups in total. The van der Waals surface area contributed by atoms with Crippen LogP contribution in [0.2, 0.25) is 10.0 Å². The summed E-state index contributed by atoms with van der Waals surface area (Å²) in [7, 11) is -4.51. The number of nitriles is 1. The molecule has 0 atom stereocenters.